The first-order valence-electron chi connectivity index (χ1n) is 4.66. The van der Waals surface area contributed by atoms with Gasteiger partial charge in [0.2, 0.25) is 0 Å². The molecule has 0 spiro atoms. The maximum atomic E-state index is 11.4. The first-order chi connectivity index (χ1) is 7.20. The molecule has 4 nitrogen and oxygen atoms in total. The Bertz CT molecular complexity index is 335. The number of nitrogens with one attached hydrogen (secondary N) is 1. The molecule has 1 rings (SSSR count). The van der Waals surface area contributed by atoms with E-state index in [0.717, 1.165) is 0 Å². The van der Waals surface area contributed by atoms with Crippen molar-refractivity contribution in [3.8, 4) is 0 Å². The van der Waals surface area contributed by atoms with E-state index in [4.69, 9.17) is 5.11 Å². The number of amides is 1. The maximum Gasteiger partial charge on any atom is 0.303 e. The third-order valence-corrected chi connectivity index (χ3v) is 1.83. The zero-order valence-electron chi connectivity index (χ0n) is 8.19. The minimum absolute atomic E-state index is 0.0723. The predicted octanol–water partition coefficient (Wildman–Crippen LogP) is 1.08. The van der Waals surface area contributed by atoms with Crippen molar-refractivity contribution in [1.29, 1.82) is 0 Å². The minimum atomic E-state index is -0.849. The zero-order valence-corrected chi connectivity index (χ0v) is 8.19. The summed E-state index contributed by atoms with van der Waals surface area (Å²) in [6.07, 6.45) is 0.517. The molecule has 2 N–H and O–H groups in total. The lowest BCUT2D eigenvalue weighted by molar-refractivity contribution is -0.137. The summed E-state index contributed by atoms with van der Waals surface area (Å²) in [5, 5.41) is 11.0. The van der Waals surface area contributed by atoms with Crippen LogP contribution in [0.25, 0.3) is 0 Å². The molecule has 1 aromatic rings. The number of rotatable bonds is 5. The molecule has 0 atom stereocenters. The molecule has 0 unspecified atom stereocenters. The highest BCUT2D eigenvalue weighted by atomic mass is 16.4. The number of aliphatic carboxylic acids is 1. The fraction of sp³-hybridized carbons (Fsp3) is 0.273. The van der Waals surface area contributed by atoms with Crippen LogP contribution in [-0.4, -0.2) is 23.5 Å². The van der Waals surface area contributed by atoms with E-state index >= 15 is 0 Å². The lowest BCUT2D eigenvalue weighted by Gasteiger charge is -2.03. The normalized spacial score (nSPS) is 9.60. The van der Waals surface area contributed by atoms with Crippen molar-refractivity contribution in [2.24, 2.45) is 0 Å². The molecule has 0 aromatic heterocycles. The number of carboxylic acids is 1. The zero-order chi connectivity index (χ0) is 11.1. The molecule has 0 aliphatic rings. The number of carbonyl (C=O) groups excluding carboxylic acids is 1. The Morgan fingerprint density at radius 1 is 1.33 bits per heavy atom. The lowest BCUT2D eigenvalue weighted by Crippen LogP contribution is -2.24. The van der Waals surface area contributed by atoms with Crippen LogP contribution in [0.5, 0.6) is 0 Å². The van der Waals surface area contributed by atoms with Gasteiger partial charge in [0.1, 0.15) is 0 Å². The molecule has 1 aromatic carbocycles. The highest BCUT2D eigenvalue weighted by molar-refractivity contribution is 5.94. The van der Waals surface area contributed by atoms with Crippen LogP contribution >= 0.6 is 0 Å². The highest BCUT2D eigenvalue weighted by Crippen LogP contribution is 1.97. The van der Waals surface area contributed by atoms with E-state index in [1.165, 1.54) is 0 Å². The van der Waals surface area contributed by atoms with E-state index < -0.39 is 5.97 Å². The quantitative estimate of drug-likeness (QED) is 0.708. The Kier molecular flexibility index (Phi) is 4.34. The van der Waals surface area contributed by atoms with Gasteiger partial charge in [-0.1, -0.05) is 12.1 Å². The predicted molar refractivity (Wildman–Crippen MR) is 54.5 cm³/mol. The SMILES string of the molecule is O=C(O)CCCNC(=O)c1cc[c]cc1. The summed E-state index contributed by atoms with van der Waals surface area (Å²) in [4.78, 5) is 21.6. The number of benzene rings is 1. The third-order valence-electron chi connectivity index (χ3n) is 1.83. The molecule has 0 fully saturated rings. The average Bonchev–Trinajstić information content (AvgIpc) is 2.25. The van der Waals surface area contributed by atoms with E-state index in [9.17, 15) is 9.59 Å². The fourth-order valence-electron chi connectivity index (χ4n) is 1.08. The van der Waals surface area contributed by atoms with Gasteiger partial charge in [-0.3, -0.25) is 9.59 Å². The molecule has 0 heterocycles. The maximum absolute atomic E-state index is 11.4. The van der Waals surface area contributed by atoms with Crippen molar-refractivity contribution in [1.82, 2.24) is 5.32 Å². The molecule has 0 bridgehead atoms. The summed E-state index contributed by atoms with van der Waals surface area (Å²) in [5.41, 5.74) is 0.559. The fourth-order valence-corrected chi connectivity index (χ4v) is 1.08. The Balaban J connectivity index is 2.28. The highest BCUT2D eigenvalue weighted by Gasteiger charge is 2.03. The molecule has 0 aliphatic carbocycles. The monoisotopic (exact) mass is 206 g/mol. The first-order valence-corrected chi connectivity index (χ1v) is 4.66. The van der Waals surface area contributed by atoms with Crippen LogP contribution in [0.4, 0.5) is 0 Å². The van der Waals surface area contributed by atoms with E-state index in [1.54, 1.807) is 24.3 Å². The second-order valence-electron chi connectivity index (χ2n) is 3.04. The molecule has 1 amide bonds. The lowest BCUT2D eigenvalue weighted by atomic mass is 10.2. The summed E-state index contributed by atoms with van der Waals surface area (Å²) >= 11 is 0. The smallest absolute Gasteiger partial charge is 0.303 e. The molecule has 0 aliphatic heterocycles. The largest absolute Gasteiger partial charge is 0.481 e. The molecule has 79 valence electrons. The van der Waals surface area contributed by atoms with Crippen LogP contribution in [-0.2, 0) is 4.79 Å². The van der Waals surface area contributed by atoms with E-state index in [-0.39, 0.29) is 12.3 Å². The summed E-state index contributed by atoms with van der Waals surface area (Å²) in [6.45, 7) is 0.379. The molecule has 15 heavy (non-hydrogen) atoms. The van der Waals surface area contributed by atoms with Gasteiger partial charge in [0.15, 0.2) is 0 Å². The molecular weight excluding hydrogens is 194 g/mol. The first kappa shape index (κ1) is 11.2. The number of hydrogen-bond acceptors (Lipinski definition) is 2. The number of carbonyl (C=O) groups is 2. The Morgan fingerprint density at radius 2 is 2.00 bits per heavy atom. The average molecular weight is 206 g/mol. The molecular formula is C11H12NO3. The summed E-state index contributed by atoms with van der Waals surface area (Å²) in [5.74, 6) is -1.03. The topological polar surface area (TPSA) is 66.4 Å². The Morgan fingerprint density at radius 3 is 2.60 bits per heavy atom. The standard InChI is InChI=1S/C11H12NO3/c13-10(14)7-4-8-12-11(15)9-5-2-1-3-6-9/h2-3,5-6H,4,7-8H2,(H,12,15)(H,13,14). The number of carboxylic acid groups (broad SMARTS) is 1. The molecule has 0 saturated carbocycles. The Hall–Kier alpha value is -1.84. The third kappa shape index (κ3) is 4.26. The van der Waals surface area contributed by atoms with Crippen LogP contribution in [0.1, 0.15) is 23.2 Å². The summed E-state index contributed by atoms with van der Waals surface area (Å²) in [6, 6.07) is 9.45. The van der Waals surface area contributed by atoms with Crippen LogP contribution in [0.3, 0.4) is 0 Å². The summed E-state index contributed by atoms with van der Waals surface area (Å²) in [7, 11) is 0. The van der Waals surface area contributed by atoms with Crippen molar-refractivity contribution < 1.29 is 14.7 Å². The molecule has 0 saturated heterocycles. The van der Waals surface area contributed by atoms with Crippen molar-refractivity contribution in [2.75, 3.05) is 6.54 Å². The van der Waals surface area contributed by atoms with Gasteiger partial charge >= 0.3 is 5.97 Å². The van der Waals surface area contributed by atoms with Crippen molar-refractivity contribution in [3.63, 3.8) is 0 Å². The summed E-state index contributed by atoms with van der Waals surface area (Å²) < 4.78 is 0. The van der Waals surface area contributed by atoms with Crippen molar-refractivity contribution in [2.45, 2.75) is 12.8 Å². The van der Waals surface area contributed by atoms with E-state index in [1.807, 2.05) is 0 Å². The van der Waals surface area contributed by atoms with Gasteiger partial charge in [0.25, 0.3) is 5.91 Å². The molecule has 1 radical (unpaired) electrons. The van der Waals surface area contributed by atoms with Gasteiger partial charge in [-0.25, -0.2) is 0 Å². The van der Waals surface area contributed by atoms with Gasteiger partial charge in [0, 0.05) is 18.5 Å². The van der Waals surface area contributed by atoms with Crippen molar-refractivity contribution in [3.05, 3.63) is 35.9 Å². The van der Waals surface area contributed by atoms with E-state index in [2.05, 4.69) is 11.4 Å². The molecule has 4 heteroatoms. The van der Waals surface area contributed by atoms with Crippen LogP contribution in [0, 0.1) is 6.07 Å². The van der Waals surface area contributed by atoms with Gasteiger partial charge in [-0.15, -0.1) is 0 Å². The number of hydrogen-bond donors (Lipinski definition) is 2. The van der Waals surface area contributed by atoms with Gasteiger partial charge in [0.05, 0.1) is 0 Å². The van der Waals surface area contributed by atoms with Gasteiger partial charge in [-0.2, -0.15) is 0 Å². The van der Waals surface area contributed by atoms with Crippen molar-refractivity contribution >= 4 is 11.9 Å². The minimum Gasteiger partial charge on any atom is -0.481 e. The van der Waals surface area contributed by atoms with Gasteiger partial charge < -0.3 is 10.4 Å². The van der Waals surface area contributed by atoms with Gasteiger partial charge in [-0.05, 0) is 24.6 Å². The second kappa shape index (κ2) is 5.80. The van der Waals surface area contributed by atoms with E-state index in [0.29, 0.717) is 18.5 Å². The van der Waals surface area contributed by atoms with Crippen LogP contribution in [0.2, 0.25) is 0 Å². The Labute approximate surface area is 87.9 Å². The second-order valence-corrected chi connectivity index (χ2v) is 3.04. The van der Waals surface area contributed by atoms with Crippen LogP contribution in [0.15, 0.2) is 24.3 Å². The van der Waals surface area contributed by atoms with Crippen LogP contribution < -0.4 is 5.32 Å².